The average molecular weight is 199 g/mol. The molecule has 0 aliphatic carbocycles. The van der Waals surface area contributed by atoms with Crippen LogP contribution in [-0.2, 0) is 0 Å². The molecule has 0 spiro atoms. The Morgan fingerprint density at radius 1 is 1.47 bits per heavy atom. The molecular weight excluding hydrogens is 186 g/mol. The molecule has 0 N–H and O–H groups in total. The van der Waals surface area contributed by atoms with Crippen molar-refractivity contribution in [2.45, 2.75) is 12.5 Å². The van der Waals surface area contributed by atoms with E-state index < -0.39 is 0 Å². The van der Waals surface area contributed by atoms with Crippen LogP contribution in [0.15, 0.2) is 29.5 Å². The minimum atomic E-state index is 0.0140. The van der Waals surface area contributed by atoms with Gasteiger partial charge < -0.3 is 4.90 Å². The molecule has 0 radical (unpaired) electrons. The van der Waals surface area contributed by atoms with Gasteiger partial charge in [0, 0.05) is 25.0 Å². The molecule has 1 unspecified atom stereocenters. The van der Waals surface area contributed by atoms with Gasteiger partial charge in [0.15, 0.2) is 0 Å². The van der Waals surface area contributed by atoms with Crippen LogP contribution in [0, 0.1) is 0 Å². The first-order valence-corrected chi connectivity index (χ1v) is 5.12. The fourth-order valence-corrected chi connectivity index (χ4v) is 2.44. The molecule has 0 amide bonds. The lowest BCUT2D eigenvalue weighted by atomic mass is 9.89. The summed E-state index contributed by atoms with van der Waals surface area (Å²) in [4.78, 5) is 10.8. The molecule has 0 saturated carbocycles. The summed E-state index contributed by atoms with van der Waals surface area (Å²) in [5.41, 5.74) is 3.87. The zero-order valence-corrected chi connectivity index (χ0v) is 8.94. The number of anilines is 1. The van der Waals surface area contributed by atoms with Crippen molar-refractivity contribution in [1.29, 1.82) is 0 Å². The van der Waals surface area contributed by atoms with E-state index >= 15 is 0 Å². The second-order valence-corrected chi connectivity index (χ2v) is 4.30. The fourth-order valence-electron chi connectivity index (χ4n) is 2.44. The van der Waals surface area contributed by atoms with Crippen molar-refractivity contribution in [2.75, 3.05) is 18.5 Å². The van der Waals surface area contributed by atoms with Crippen molar-refractivity contribution in [3.8, 4) is 0 Å². The Labute approximate surface area is 89.2 Å². The van der Waals surface area contributed by atoms with Crippen molar-refractivity contribution < 1.29 is 0 Å². The summed E-state index contributed by atoms with van der Waals surface area (Å²) in [5, 5.41) is 0. The lowest BCUT2D eigenvalue weighted by Gasteiger charge is -2.35. The Balaban J connectivity index is 2.27. The highest BCUT2D eigenvalue weighted by Crippen LogP contribution is 2.46. The molecule has 3 rings (SSSR count). The molecule has 0 fully saturated rings. The predicted octanol–water partition coefficient (Wildman–Crippen LogP) is 1.76. The quantitative estimate of drug-likeness (QED) is 0.637. The number of aromatic nitrogens is 1. The number of rotatable bonds is 0. The summed E-state index contributed by atoms with van der Waals surface area (Å²) >= 11 is 0. The van der Waals surface area contributed by atoms with Crippen LogP contribution in [0.1, 0.15) is 12.5 Å². The highest BCUT2D eigenvalue weighted by Gasteiger charge is 2.42. The maximum atomic E-state index is 4.36. The normalized spacial score (nSPS) is 27.3. The van der Waals surface area contributed by atoms with Gasteiger partial charge in [-0.3, -0.25) is 9.98 Å². The summed E-state index contributed by atoms with van der Waals surface area (Å²) < 4.78 is 0. The van der Waals surface area contributed by atoms with Crippen LogP contribution in [0.5, 0.6) is 0 Å². The van der Waals surface area contributed by atoms with Crippen LogP contribution >= 0.6 is 0 Å². The van der Waals surface area contributed by atoms with Crippen LogP contribution in [0.4, 0.5) is 5.69 Å². The predicted molar refractivity (Wildman–Crippen MR) is 62.4 cm³/mol. The number of likely N-dealkylation sites (N-methyl/N-ethyl adjacent to an activating group) is 1. The standard InChI is InChI=1S/C12H13N3/c1-12-8-14-6-4-10(12)9-3-5-13-7-11(9)15(12)2/h3-7H,8H2,1-2H3. The van der Waals surface area contributed by atoms with E-state index in [-0.39, 0.29) is 5.54 Å². The Hall–Kier alpha value is -1.64. The van der Waals surface area contributed by atoms with Gasteiger partial charge in [-0.15, -0.1) is 0 Å². The summed E-state index contributed by atoms with van der Waals surface area (Å²) in [6.45, 7) is 3.05. The zero-order chi connectivity index (χ0) is 10.5. The number of hydrogen-bond acceptors (Lipinski definition) is 3. The molecule has 1 atom stereocenters. The third-order valence-electron chi connectivity index (χ3n) is 3.52. The Bertz CT molecular complexity index is 476. The number of nitrogens with zero attached hydrogens (tertiary/aromatic N) is 3. The molecule has 1 aromatic heterocycles. The van der Waals surface area contributed by atoms with E-state index in [1.807, 2.05) is 18.6 Å². The van der Waals surface area contributed by atoms with Gasteiger partial charge in [-0.05, 0) is 24.6 Å². The smallest absolute Gasteiger partial charge is 0.0824 e. The van der Waals surface area contributed by atoms with Crippen molar-refractivity contribution in [3.63, 3.8) is 0 Å². The van der Waals surface area contributed by atoms with Gasteiger partial charge >= 0.3 is 0 Å². The Morgan fingerprint density at radius 2 is 2.33 bits per heavy atom. The third kappa shape index (κ3) is 0.950. The molecule has 3 heteroatoms. The third-order valence-corrected chi connectivity index (χ3v) is 3.52. The number of hydrogen-bond donors (Lipinski definition) is 0. The number of pyridine rings is 1. The lowest BCUT2D eigenvalue weighted by molar-refractivity contribution is 0.591. The number of fused-ring (bicyclic) bond motifs is 3. The number of dihydropyridines is 1. The summed E-state index contributed by atoms with van der Waals surface area (Å²) in [5.74, 6) is 0. The van der Waals surface area contributed by atoms with Crippen LogP contribution < -0.4 is 4.90 Å². The molecule has 0 bridgehead atoms. The molecular formula is C12H13N3. The zero-order valence-electron chi connectivity index (χ0n) is 8.94. The number of allylic oxidation sites excluding steroid dienone is 1. The maximum Gasteiger partial charge on any atom is 0.0824 e. The lowest BCUT2D eigenvalue weighted by Crippen LogP contribution is -2.44. The van der Waals surface area contributed by atoms with Crippen LogP contribution in [0.2, 0.25) is 0 Å². The summed E-state index contributed by atoms with van der Waals surface area (Å²) in [6.07, 6.45) is 7.80. The van der Waals surface area contributed by atoms with E-state index in [4.69, 9.17) is 0 Å². The molecule has 2 aliphatic heterocycles. The molecule has 2 aliphatic rings. The fraction of sp³-hybridized carbons (Fsp3) is 0.333. The average Bonchev–Trinajstić information content (AvgIpc) is 2.50. The van der Waals surface area contributed by atoms with Gasteiger partial charge in [-0.1, -0.05) is 0 Å². The van der Waals surface area contributed by atoms with E-state index in [0.29, 0.717) is 0 Å². The maximum absolute atomic E-state index is 4.36. The first kappa shape index (κ1) is 8.65. The van der Waals surface area contributed by atoms with Crippen molar-refractivity contribution >= 4 is 17.5 Å². The highest BCUT2D eigenvalue weighted by atomic mass is 15.2. The van der Waals surface area contributed by atoms with Gasteiger partial charge in [-0.25, -0.2) is 0 Å². The molecule has 0 saturated heterocycles. The van der Waals surface area contributed by atoms with E-state index in [2.05, 4.69) is 41.0 Å². The molecule has 3 heterocycles. The molecule has 0 aromatic carbocycles. The minimum absolute atomic E-state index is 0.0140. The van der Waals surface area contributed by atoms with E-state index in [1.54, 1.807) is 0 Å². The van der Waals surface area contributed by atoms with Crippen molar-refractivity contribution in [2.24, 2.45) is 4.99 Å². The topological polar surface area (TPSA) is 28.5 Å². The van der Waals surface area contributed by atoms with Gasteiger partial charge in [0.25, 0.3) is 0 Å². The van der Waals surface area contributed by atoms with Gasteiger partial charge in [0.05, 0.1) is 24.0 Å². The molecule has 15 heavy (non-hydrogen) atoms. The summed E-state index contributed by atoms with van der Waals surface area (Å²) in [7, 11) is 2.11. The monoisotopic (exact) mass is 199 g/mol. The largest absolute Gasteiger partial charge is 0.361 e. The van der Waals surface area contributed by atoms with Crippen molar-refractivity contribution in [1.82, 2.24) is 4.98 Å². The molecule has 3 nitrogen and oxygen atoms in total. The molecule has 1 aromatic rings. The van der Waals surface area contributed by atoms with Crippen molar-refractivity contribution in [3.05, 3.63) is 30.1 Å². The SMILES string of the molecule is CN1c2cnccc2C2=CC=NCC21C. The molecule has 76 valence electrons. The van der Waals surface area contributed by atoms with Crippen LogP contribution in [0.3, 0.4) is 0 Å². The number of aliphatic imine (C=N–C) groups is 1. The Kier molecular flexibility index (Phi) is 1.55. The van der Waals surface area contributed by atoms with E-state index in [1.165, 1.54) is 16.8 Å². The Morgan fingerprint density at radius 3 is 3.20 bits per heavy atom. The second kappa shape index (κ2) is 2.69. The van der Waals surface area contributed by atoms with E-state index in [0.717, 1.165) is 6.54 Å². The minimum Gasteiger partial charge on any atom is -0.361 e. The highest BCUT2D eigenvalue weighted by molar-refractivity contribution is 5.98. The summed E-state index contributed by atoms with van der Waals surface area (Å²) in [6, 6.07) is 2.09. The first-order chi connectivity index (χ1) is 7.23. The van der Waals surface area contributed by atoms with E-state index in [9.17, 15) is 0 Å². The van der Waals surface area contributed by atoms with Gasteiger partial charge in [0.2, 0.25) is 0 Å². The van der Waals surface area contributed by atoms with Gasteiger partial charge in [-0.2, -0.15) is 0 Å². The first-order valence-electron chi connectivity index (χ1n) is 5.12. The second-order valence-electron chi connectivity index (χ2n) is 4.30. The van der Waals surface area contributed by atoms with Crippen LogP contribution in [0.25, 0.3) is 5.57 Å². The van der Waals surface area contributed by atoms with Crippen LogP contribution in [-0.4, -0.2) is 30.3 Å². The van der Waals surface area contributed by atoms with Gasteiger partial charge in [0.1, 0.15) is 0 Å².